The minimum absolute atomic E-state index is 0.211. The number of anilines is 1. The first kappa shape index (κ1) is 21.9. The van der Waals surface area contributed by atoms with Crippen LogP contribution >= 0.6 is 0 Å². The molecule has 1 amide bonds. The number of amides is 1. The number of β-lactam (4-membered cyclic amide) rings is 1. The molecule has 0 bridgehead atoms. The molecule has 0 spiro atoms. The van der Waals surface area contributed by atoms with Crippen LogP contribution in [0.2, 0.25) is 0 Å². The van der Waals surface area contributed by atoms with E-state index >= 15 is 0 Å². The third kappa shape index (κ3) is 4.09. The molecule has 9 nitrogen and oxygen atoms in total. The SMILES string of the molecule is COc1cc(N2C(=O)[C@@H](Oc3ccccc3)[C@H]2c2ccc(N=[N+]=[N-])cc2)cc(OC)c1OC. The topological polar surface area (TPSA) is 106 Å². The zero-order valence-corrected chi connectivity index (χ0v) is 18.3. The summed E-state index contributed by atoms with van der Waals surface area (Å²) in [5.41, 5.74) is 10.6. The van der Waals surface area contributed by atoms with Crippen molar-refractivity contribution in [3.05, 3.63) is 82.7 Å². The molecule has 0 unspecified atom stereocenters. The number of benzene rings is 3. The molecule has 3 aromatic carbocycles. The van der Waals surface area contributed by atoms with Crippen LogP contribution in [-0.2, 0) is 4.79 Å². The summed E-state index contributed by atoms with van der Waals surface area (Å²) in [6.07, 6.45) is -0.739. The molecule has 3 aromatic rings. The third-order valence-electron chi connectivity index (χ3n) is 5.37. The van der Waals surface area contributed by atoms with Crippen molar-refractivity contribution in [2.45, 2.75) is 12.1 Å². The van der Waals surface area contributed by atoms with Gasteiger partial charge in [0.25, 0.3) is 5.91 Å². The molecule has 1 aliphatic rings. The van der Waals surface area contributed by atoms with Crippen LogP contribution in [0.1, 0.15) is 11.6 Å². The van der Waals surface area contributed by atoms with Gasteiger partial charge in [0, 0.05) is 22.7 Å². The number of ether oxygens (including phenoxy) is 4. The van der Waals surface area contributed by atoms with Gasteiger partial charge in [-0.3, -0.25) is 9.69 Å². The smallest absolute Gasteiger partial charge is 0.271 e. The van der Waals surface area contributed by atoms with Crippen molar-refractivity contribution in [1.29, 1.82) is 0 Å². The minimum Gasteiger partial charge on any atom is -0.493 e. The quantitative estimate of drug-likeness (QED) is 0.205. The normalized spacial score (nSPS) is 16.9. The largest absolute Gasteiger partial charge is 0.493 e. The molecule has 0 aromatic heterocycles. The lowest BCUT2D eigenvalue weighted by Crippen LogP contribution is -2.61. The molecule has 0 aliphatic carbocycles. The second-order valence-corrected chi connectivity index (χ2v) is 7.17. The van der Waals surface area contributed by atoms with Crippen molar-refractivity contribution in [2.75, 3.05) is 26.2 Å². The summed E-state index contributed by atoms with van der Waals surface area (Å²) in [7, 11) is 4.56. The molecule has 1 fully saturated rings. The van der Waals surface area contributed by atoms with Gasteiger partial charge in [-0.05, 0) is 23.2 Å². The Kier molecular flexibility index (Phi) is 6.24. The van der Waals surface area contributed by atoms with Crippen LogP contribution in [0.15, 0.2) is 71.8 Å². The number of carbonyl (C=O) groups is 1. The number of hydrogen-bond acceptors (Lipinski definition) is 6. The number of methoxy groups -OCH3 is 3. The van der Waals surface area contributed by atoms with Crippen molar-refractivity contribution in [2.24, 2.45) is 5.11 Å². The van der Waals surface area contributed by atoms with Gasteiger partial charge in [-0.25, -0.2) is 0 Å². The van der Waals surface area contributed by atoms with Gasteiger partial charge < -0.3 is 18.9 Å². The zero-order valence-electron chi connectivity index (χ0n) is 18.3. The van der Waals surface area contributed by atoms with E-state index in [0.717, 1.165) is 5.56 Å². The Balaban J connectivity index is 1.76. The van der Waals surface area contributed by atoms with Crippen LogP contribution < -0.4 is 23.8 Å². The Hall–Kier alpha value is -4.36. The van der Waals surface area contributed by atoms with E-state index in [1.54, 1.807) is 41.3 Å². The lowest BCUT2D eigenvalue weighted by atomic mass is 9.89. The summed E-state index contributed by atoms with van der Waals surface area (Å²) in [4.78, 5) is 17.7. The van der Waals surface area contributed by atoms with Gasteiger partial charge >= 0.3 is 0 Å². The Labute approximate surface area is 190 Å². The fourth-order valence-corrected chi connectivity index (χ4v) is 3.83. The van der Waals surface area contributed by atoms with Crippen molar-refractivity contribution >= 4 is 17.3 Å². The Morgan fingerprint density at radius 2 is 1.55 bits per heavy atom. The molecule has 0 N–H and O–H groups in total. The predicted molar refractivity (Wildman–Crippen MR) is 122 cm³/mol. The summed E-state index contributed by atoms with van der Waals surface area (Å²) in [6, 6.07) is 19.2. The standard InChI is InChI=1S/C24H22N4O5/c1-30-19-13-17(14-20(31-2)22(19)32-3)28-21(15-9-11-16(12-10-15)26-27-25)23(24(28)29)33-18-7-5-4-6-8-18/h4-14,21,23H,1-3H3/t21-,23+/m1/s1. The summed E-state index contributed by atoms with van der Waals surface area (Å²) >= 11 is 0. The fraction of sp³-hybridized carbons (Fsp3) is 0.208. The molecule has 1 saturated heterocycles. The van der Waals surface area contributed by atoms with Gasteiger partial charge in [0.15, 0.2) is 11.5 Å². The highest BCUT2D eigenvalue weighted by Crippen LogP contribution is 2.47. The number of hydrogen-bond donors (Lipinski definition) is 0. The molecular formula is C24H22N4O5. The highest BCUT2D eigenvalue weighted by Gasteiger charge is 2.51. The Bertz CT molecular complexity index is 1170. The number of rotatable bonds is 8. The van der Waals surface area contributed by atoms with Crippen LogP contribution in [0.25, 0.3) is 10.4 Å². The highest BCUT2D eigenvalue weighted by molar-refractivity contribution is 6.05. The number of carbonyl (C=O) groups excluding carboxylic acids is 1. The highest BCUT2D eigenvalue weighted by atomic mass is 16.5. The van der Waals surface area contributed by atoms with Gasteiger partial charge in [0.2, 0.25) is 11.9 Å². The van der Waals surface area contributed by atoms with Crippen LogP contribution in [0.3, 0.4) is 0 Å². The average molecular weight is 446 g/mol. The lowest BCUT2D eigenvalue weighted by molar-refractivity contribution is -0.135. The first-order chi connectivity index (χ1) is 16.1. The minimum atomic E-state index is -0.739. The van der Waals surface area contributed by atoms with E-state index in [0.29, 0.717) is 34.4 Å². The number of nitrogens with zero attached hydrogens (tertiary/aromatic N) is 4. The second kappa shape index (κ2) is 9.42. The molecule has 9 heteroatoms. The van der Waals surface area contributed by atoms with Crippen molar-refractivity contribution < 1.29 is 23.7 Å². The van der Waals surface area contributed by atoms with Crippen molar-refractivity contribution in [3.63, 3.8) is 0 Å². The molecule has 2 atom stereocenters. The van der Waals surface area contributed by atoms with Crippen molar-refractivity contribution in [1.82, 2.24) is 0 Å². The maximum atomic E-state index is 13.3. The van der Waals surface area contributed by atoms with E-state index in [1.165, 1.54) is 21.3 Å². The predicted octanol–water partition coefficient (Wildman–Crippen LogP) is 5.19. The maximum absolute atomic E-state index is 13.3. The molecule has 0 saturated carbocycles. The average Bonchev–Trinajstić information content (AvgIpc) is 2.86. The van der Waals surface area contributed by atoms with Crippen LogP contribution in [0, 0.1) is 0 Å². The second-order valence-electron chi connectivity index (χ2n) is 7.17. The van der Waals surface area contributed by atoms with E-state index in [1.807, 2.05) is 30.3 Å². The Morgan fingerprint density at radius 3 is 2.09 bits per heavy atom. The fourth-order valence-electron chi connectivity index (χ4n) is 3.83. The number of azide groups is 1. The van der Waals surface area contributed by atoms with E-state index in [-0.39, 0.29) is 5.91 Å². The molecule has 4 rings (SSSR count). The van der Waals surface area contributed by atoms with Crippen LogP contribution in [0.5, 0.6) is 23.0 Å². The summed E-state index contributed by atoms with van der Waals surface area (Å²) in [5, 5.41) is 3.62. The number of para-hydroxylation sites is 1. The summed E-state index contributed by atoms with van der Waals surface area (Å²) in [6.45, 7) is 0. The Morgan fingerprint density at radius 1 is 0.909 bits per heavy atom. The first-order valence-electron chi connectivity index (χ1n) is 10.1. The first-order valence-corrected chi connectivity index (χ1v) is 10.1. The van der Waals surface area contributed by atoms with Gasteiger partial charge in [-0.1, -0.05) is 47.6 Å². The van der Waals surface area contributed by atoms with Crippen LogP contribution in [0.4, 0.5) is 11.4 Å². The maximum Gasteiger partial charge on any atom is 0.271 e. The molecule has 1 heterocycles. The lowest BCUT2D eigenvalue weighted by Gasteiger charge is -2.46. The van der Waals surface area contributed by atoms with Gasteiger partial charge in [0.05, 0.1) is 27.0 Å². The monoisotopic (exact) mass is 446 g/mol. The van der Waals surface area contributed by atoms with Crippen molar-refractivity contribution in [3.8, 4) is 23.0 Å². The molecule has 1 aliphatic heterocycles. The summed E-state index contributed by atoms with van der Waals surface area (Å²) in [5.74, 6) is 1.69. The van der Waals surface area contributed by atoms with E-state index in [4.69, 9.17) is 24.5 Å². The van der Waals surface area contributed by atoms with Gasteiger partial charge in [-0.2, -0.15) is 0 Å². The molecule has 0 radical (unpaired) electrons. The molecule has 33 heavy (non-hydrogen) atoms. The van der Waals surface area contributed by atoms with Crippen LogP contribution in [-0.4, -0.2) is 33.3 Å². The molecular weight excluding hydrogens is 424 g/mol. The van der Waals surface area contributed by atoms with E-state index in [9.17, 15) is 4.79 Å². The molecule has 168 valence electrons. The van der Waals surface area contributed by atoms with E-state index in [2.05, 4.69) is 10.0 Å². The third-order valence-corrected chi connectivity index (χ3v) is 5.37. The zero-order chi connectivity index (χ0) is 23.4. The van der Waals surface area contributed by atoms with Gasteiger partial charge in [-0.15, -0.1) is 0 Å². The summed E-state index contributed by atoms with van der Waals surface area (Å²) < 4.78 is 22.4. The van der Waals surface area contributed by atoms with Gasteiger partial charge in [0.1, 0.15) is 11.8 Å². The van der Waals surface area contributed by atoms with E-state index < -0.39 is 12.1 Å².